The molecule has 4 rings (SSSR count). The lowest BCUT2D eigenvalue weighted by atomic mass is 10.2. The molecule has 0 radical (unpaired) electrons. The Labute approximate surface area is 174 Å². The van der Waals surface area contributed by atoms with Gasteiger partial charge >= 0.3 is 0 Å². The number of nitrogens with zero attached hydrogens (tertiary/aromatic N) is 4. The highest BCUT2D eigenvalue weighted by atomic mass is 35.5. The summed E-state index contributed by atoms with van der Waals surface area (Å²) in [5.41, 5.74) is 3.83. The number of nitrogens with one attached hydrogen (secondary N) is 1. The van der Waals surface area contributed by atoms with Crippen LogP contribution in [0.1, 0.15) is 16.2 Å². The maximum absolute atomic E-state index is 12.6. The number of para-hydroxylation sites is 2. The number of benzene rings is 2. The number of amides is 1. The van der Waals surface area contributed by atoms with Crippen LogP contribution in [0, 0.1) is 6.92 Å². The number of fused-ring (bicyclic) bond motifs is 1. The lowest BCUT2D eigenvalue weighted by Crippen LogP contribution is -2.31. The molecule has 0 aliphatic carbocycles. The highest BCUT2D eigenvalue weighted by molar-refractivity contribution is 7.16. The molecule has 146 valence electrons. The molecule has 1 N–H and O–H groups in total. The summed E-state index contributed by atoms with van der Waals surface area (Å²) in [6, 6.07) is 16.2. The summed E-state index contributed by atoms with van der Waals surface area (Å²) in [6.07, 6.45) is 0. The van der Waals surface area contributed by atoms with Crippen molar-refractivity contribution in [3.05, 3.63) is 86.0 Å². The van der Waals surface area contributed by atoms with Crippen LogP contribution in [0.4, 0.5) is 0 Å². The van der Waals surface area contributed by atoms with Crippen LogP contribution in [-0.2, 0) is 7.05 Å². The van der Waals surface area contributed by atoms with Crippen molar-refractivity contribution >= 4 is 39.1 Å². The van der Waals surface area contributed by atoms with Crippen molar-refractivity contribution in [2.45, 2.75) is 6.92 Å². The minimum Gasteiger partial charge on any atom is -0.318 e. The van der Waals surface area contributed by atoms with Crippen molar-refractivity contribution in [1.82, 2.24) is 19.8 Å². The maximum Gasteiger partial charge on any atom is 0.295 e. The number of carbonyl (C=O) groups is 1. The quantitative estimate of drug-likeness (QED) is 0.512. The van der Waals surface area contributed by atoms with E-state index in [-0.39, 0.29) is 5.69 Å². The van der Waals surface area contributed by atoms with Crippen molar-refractivity contribution in [2.75, 3.05) is 0 Å². The average Bonchev–Trinajstić information content (AvgIpc) is 3.03. The van der Waals surface area contributed by atoms with E-state index >= 15 is 0 Å². The monoisotopic (exact) mass is 425 g/mol. The number of hydrogen-bond acceptors (Lipinski definition) is 5. The molecule has 2 aromatic heterocycles. The highest BCUT2D eigenvalue weighted by Crippen LogP contribution is 2.19. The van der Waals surface area contributed by atoms with Crippen LogP contribution in [0.3, 0.4) is 0 Å². The molecule has 0 atom stereocenters. The molecule has 0 bridgehead atoms. The van der Waals surface area contributed by atoms with Gasteiger partial charge in [0, 0.05) is 18.8 Å². The summed E-state index contributed by atoms with van der Waals surface area (Å²) >= 11 is 7.67. The summed E-state index contributed by atoms with van der Waals surface area (Å²) in [7, 11) is 1.86. The van der Waals surface area contributed by atoms with Crippen LogP contribution < -0.4 is 15.7 Å². The average molecular weight is 426 g/mol. The first-order valence-corrected chi connectivity index (χ1v) is 9.89. The highest BCUT2D eigenvalue weighted by Gasteiger charge is 2.16. The second kappa shape index (κ2) is 7.65. The molecule has 9 heteroatoms. The fourth-order valence-corrected chi connectivity index (χ4v) is 4.11. The molecular weight excluding hydrogens is 410 g/mol. The zero-order chi connectivity index (χ0) is 20.5. The zero-order valence-corrected chi connectivity index (χ0v) is 17.2. The molecule has 2 heterocycles. The van der Waals surface area contributed by atoms with E-state index in [1.54, 1.807) is 31.2 Å². The van der Waals surface area contributed by atoms with Gasteiger partial charge in [-0.3, -0.25) is 9.59 Å². The first-order chi connectivity index (χ1) is 14.0. The van der Waals surface area contributed by atoms with Gasteiger partial charge in [0.05, 0.1) is 20.9 Å². The normalized spacial score (nSPS) is 11.8. The van der Waals surface area contributed by atoms with Gasteiger partial charge in [0.2, 0.25) is 10.2 Å². The molecule has 0 aliphatic heterocycles. The van der Waals surface area contributed by atoms with Crippen molar-refractivity contribution < 1.29 is 4.79 Å². The van der Waals surface area contributed by atoms with Gasteiger partial charge in [0.1, 0.15) is 0 Å². The second-order valence-electron chi connectivity index (χ2n) is 6.33. The Morgan fingerprint density at radius 2 is 1.90 bits per heavy atom. The van der Waals surface area contributed by atoms with E-state index in [1.165, 1.54) is 22.1 Å². The number of aromatic nitrogens is 3. The Kier molecular flexibility index (Phi) is 5.04. The minimum atomic E-state index is -0.687. The zero-order valence-electron chi connectivity index (χ0n) is 15.6. The summed E-state index contributed by atoms with van der Waals surface area (Å²) < 4.78 is 4.38. The van der Waals surface area contributed by atoms with E-state index < -0.39 is 11.3 Å². The van der Waals surface area contributed by atoms with Crippen LogP contribution in [0.2, 0.25) is 5.02 Å². The van der Waals surface area contributed by atoms with Gasteiger partial charge in [0.25, 0.3) is 5.91 Å². The molecule has 0 fully saturated rings. The molecule has 7 nitrogen and oxygen atoms in total. The van der Waals surface area contributed by atoms with Crippen molar-refractivity contribution in [3.8, 4) is 5.69 Å². The van der Waals surface area contributed by atoms with Gasteiger partial charge in [-0.25, -0.2) is 10.1 Å². The molecule has 0 unspecified atom stereocenters. The van der Waals surface area contributed by atoms with Crippen LogP contribution in [0.25, 0.3) is 15.9 Å². The molecule has 0 saturated carbocycles. The Morgan fingerprint density at radius 3 is 2.66 bits per heavy atom. The number of rotatable bonds is 3. The maximum atomic E-state index is 12.6. The Hall–Kier alpha value is -3.23. The predicted octanol–water partition coefficient (Wildman–Crippen LogP) is 2.99. The summed E-state index contributed by atoms with van der Waals surface area (Å²) in [5.74, 6) is -0.687. The van der Waals surface area contributed by atoms with Gasteiger partial charge in [-0.1, -0.05) is 47.2 Å². The van der Waals surface area contributed by atoms with E-state index in [2.05, 4.69) is 15.6 Å². The van der Waals surface area contributed by atoms with Crippen molar-refractivity contribution in [2.24, 2.45) is 12.1 Å². The Bertz CT molecular complexity index is 1370. The molecule has 2 aromatic carbocycles. The van der Waals surface area contributed by atoms with E-state index in [0.29, 0.717) is 21.2 Å². The first kappa shape index (κ1) is 19.1. The van der Waals surface area contributed by atoms with Gasteiger partial charge in [-0.15, -0.1) is 5.10 Å². The van der Waals surface area contributed by atoms with Crippen molar-refractivity contribution in [3.63, 3.8) is 0 Å². The van der Waals surface area contributed by atoms with E-state index in [4.69, 9.17) is 11.6 Å². The third-order valence-electron chi connectivity index (χ3n) is 4.37. The number of carbonyl (C=O) groups excluding carboxylic acids is 1. The number of aryl methyl sites for hydroxylation is 2. The van der Waals surface area contributed by atoms with Gasteiger partial charge in [-0.2, -0.15) is 5.10 Å². The molecular formula is C20H16ClN5O2S. The van der Waals surface area contributed by atoms with Crippen LogP contribution in [0.5, 0.6) is 0 Å². The minimum absolute atomic E-state index is 0.261. The van der Waals surface area contributed by atoms with Gasteiger partial charge in [-0.05, 0) is 31.2 Å². The Balaban J connectivity index is 1.72. The van der Waals surface area contributed by atoms with Crippen molar-refractivity contribution in [1.29, 1.82) is 0 Å². The molecule has 0 spiro atoms. The third-order valence-corrected chi connectivity index (χ3v) is 5.80. The van der Waals surface area contributed by atoms with E-state index in [9.17, 15) is 9.59 Å². The van der Waals surface area contributed by atoms with E-state index in [0.717, 1.165) is 10.2 Å². The fraction of sp³-hybridized carbons (Fsp3) is 0.100. The summed E-state index contributed by atoms with van der Waals surface area (Å²) in [4.78, 5) is 25.6. The molecule has 0 saturated heterocycles. The fourth-order valence-electron chi connectivity index (χ4n) is 2.91. The van der Waals surface area contributed by atoms with Gasteiger partial charge < -0.3 is 4.57 Å². The SMILES string of the molecule is Cc1cc(=O)c(C(=O)N/N=c2\sc3ccccc3n2C)nn1-c1ccccc1Cl. The van der Waals surface area contributed by atoms with Crippen LogP contribution in [0.15, 0.2) is 64.5 Å². The second-order valence-corrected chi connectivity index (χ2v) is 7.74. The first-order valence-electron chi connectivity index (χ1n) is 8.70. The topological polar surface area (TPSA) is 81.3 Å². The predicted molar refractivity (Wildman–Crippen MR) is 113 cm³/mol. The lowest BCUT2D eigenvalue weighted by Gasteiger charge is -2.11. The summed E-state index contributed by atoms with van der Waals surface area (Å²) in [6.45, 7) is 1.72. The Morgan fingerprint density at radius 1 is 1.17 bits per heavy atom. The summed E-state index contributed by atoms with van der Waals surface area (Å²) in [5, 5.41) is 8.85. The number of halogens is 1. The van der Waals surface area contributed by atoms with Crippen LogP contribution in [-0.4, -0.2) is 20.3 Å². The molecule has 4 aromatic rings. The largest absolute Gasteiger partial charge is 0.318 e. The number of hydrogen-bond donors (Lipinski definition) is 1. The smallest absolute Gasteiger partial charge is 0.295 e. The van der Waals surface area contributed by atoms with Crippen LogP contribution >= 0.6 is 22.9 Å². The standard InChI is InChI=1S/C20H16ClN5O2S/c1-12-11-16(27)18(24-26(12)14-8-4-3-7-13(14)21)19(28)22-23-20-25(2)15-9-5-6-10-17(15)29-20/h3-11H,1-2H3,(H,22,28)/b23-20-. The van der Waals surface area contributed by atoms with E-state index in [1.807, 2.05) is 35.9 Å². The number of thiazole rings is 1. The molecule has 0 aliphatic rings. The lowest BCUT2D eigenvalue weighted by molar-refractivity contribution is 0.0945. The van der Waals surface area contributed by atoms with Gasteiger partial charge in [0.15, 0.2) is 5.69 Å². The molecule has 1 amide bonds. The molecule has 29 heavy (non-hydrogen) atoms. The third kappa shape index (κ3) is 3.59.